The second-order valence-corrected chi connectivity index (χ2v) is 4.07. The molecule has 0 aliphatic carbocycles. The zero-order valence-electron chi connectivity index (χ0n) is 10.7. The van der Waals surface area contributed by atoms with E-state index in [1.54, 1.807) is 36.5 Å². The predicted molar refractivity (Wildman–Crippen MR) is 71.1 cm³/mol. The van der Waals surface area contributed by atoms with E-state index in [0.717, 1.165) is 11.3 Å². The molecule has 0 radical (unpaired) electrons. The minimum Gasteiger partial charge on any atom is -0.494 e. The van der Waals surface area contributed by atoms with Crippen LogP contribution < -0.4 is 10.4 Å². The highest BCUT2D eigenvalue weighted by Gasteiger charge is 2.09. The molecule has 5 nitrogen and oxygen atoms in total. The van der Waals surface area contributed by atoms with Crippen LogP contribution in [0, 0.1) is 0 Å². The molecule has 1 aromatic carbocycles. The molecule has 2 rings (SSSR count). The summed E-state index contributed by atoms with van der Waals surface area (Å²) in [5.41, 5.74) is 0.367. The molecule has 0 aliphatic heterocycles. The maximum absolute atomic E-state index is 11.4. The molecule has 0 amide bonds. The first-order chi connectivity index (χ1) is 9.20. The van der Waals surface area contributed by atoms with Crippen LogP contribution >= 0.6 is 0 Å². The van der Waals surface area contributed by atoms with Crippen LogP contribution in [0.15, 0.2) is 47.5 Å². The van der Waals surface area contributed by atoms with Crippen LogP contribution in [0.2, 0.25) is 0 Å². The number of rotatable bonds is 5. The topological polar surface area (TPSA) is 64.3 Å². The molecule has 2 aromatic rings. The van der Waals surface area contributed by atoms with Crippen molar-refractivity contribution in [3.63, 3.8) is 0 Å². The summed E-state index contributed by atoms with van der Waals surface area (Å²) in [6.45, 7) is 2.70. The highest BCUT2D eigenvalue weighted by Crippen LogP contribution is 2.18. The Morgan fingerprint density at radius 1 is 1.37 bits per heavy atom. The van der Waals surface area contributed by atoms with Gasteiger partial charge in [0.15, 0.2) is 0 Å². The Hall–Kier alpha value is -2.14. The third-order valence-corrected chi connectivity index (χ3v) is 2.73. The van der Waals surface area contributed by atoms with E-state index in [2.05, 4.69) is 4.98 Å². The standard InChI is InChI=1S/C14H16N2O3/c1-2-19-12-6-4-11(5-7-12)13(17)10-16-9-3-8-15-14(16)18/h3-9,13,17H,2,10H2,1H3. The maximum atomic E-state index is 11.4. The Bertz CT molecular complexity index is 578. The van der Waals surface area contributed by atoms with Gasteiger partial charge in [-0.1, -0.05) is 12.1 Å². The van der Waals surface area contributed by atoms with Crippen molar-refractivity contribution in [1.29, 1.82) is 0 Å². The highest BCUT2D eigenvalue weighted by atomic mass is 16.5. The number of aliphatic hydroxyl groups excluding tert-OH is 1. The van der Waals surface area contributed by atoms with Crippen LogP contribution in [0.1, 0.15) is 18.6 Å². The van der Waals surface area contributed by atoms with E-state index >= 15 is 0 Å². The van der Waals surface area contributed by atoms with Gasteiger partial charge in [-0.15, -0.1) is 0 Å². The SMILES string of the molecule is CCOc1ccc(C(O)Cn2cccnc2=O)cc1. The van der Waals surface area contributed by atoms with Crippen LogP contribution in [0.25, 0.3) is 0 Å². The Labute approximate surface area is 111 Å². The van der Waals surface area contributed by atoms with Crippen molar-refractivity contribution in [3.8, 4) is 5.75 Å². The molecule has 0 spiro atoms. The lowest BCUT2D eigenvalue weighted by atomic mass is 10.1. The van der Waals surface area contributed by atoms with Gasteiger partial charge >= 0.3 is 5.69 Å². The van der Waals surface area contributed by atoms with Crippen LogP contribution in [0.3, 0.4) is 0 Å². The summed E-state index contributed by atoms with van der Waals surface area (Å²) < 4.78 is 6.71. The average Bonchev–Trinajstić information content (AvgIpc) is 2.42. The van der Waals surface area contributed by atoms with E-state index in [-0.39, 0.29) is 12.2 Å². The molecule has 0 aliphatic rings. The van der Waals surface area contributed by atoms with E-state index in [0.29, 0.717) is 6.61 Å². The molecule has 0 bridgehead atoms. The lowest BCUT2D eigenvalue weighted by molar-refractivity contribution is 0.154. The van der Waals surface area contributed by atoms with Gasteiger partial charge < -0.3 is 9.84 Å². The summed E-state index contributed by atoms with van der Waals surface area (Å²) >= 11 is 0. The first kappa shape index (κ1) is 13.3. The molecule has 0 saturated carbocycles. The smallest absolute Gasteiger partial charge is 0.347 e. The fraction of sp³-hybridized carbons (Fsp3) is 0.286. The molecule has 0 saturated heterocycles. The largest absolute Gasteiger partial charge is 0.494 e. The third kappa shape index (κ3) is 3.42. The monoisotopic (exact) mass is 260 g/mol. The van der Waals surface area contributed by atoms with Gasteiger partial charge in [0.2, 0.25) is 0 Å². The van der Waals surface area contributed by atoms with Gasteiger partial charge in [0.25, 0.3) is 0 Å². The van der Waals surface area contributed by atoms with Crippen LogP contribution in [0.4, 0.5) is 0 Å². The van der Waals surface area contributed by atoms with Gasteiger partial charge in [-0.25, -0.2) is 9.78 Å². The summed E-state index contributed by atoms with van der Waals surface area (Å²) in [7, 11) is 0. The van der Waals surface area contributed by atoms with Gasteiger partial charge in [-0.3, -0.25) is 4.57 Å². The lowest BCUT2D eigenvalue weighted by Crippen LogP contribution is -2.24. The molecular formula is C14H16N2O3. The third-order valence-electron chi connectivity index (χ3n) is 2.73. The van der Waals surface area contributed by atoms with E-state index in [9.17, 15) is 9.90 Å². The fourth-order valence-electron chi connectivity index (χ4n) is 1.77. The first-order valence-corrected chi connectivity index (χ1v) is 6.13. The molecule has 100 valence electrons. The van der Waals surface area contributed by atoms with Gasteiger partial charge in [-0.2, -0.15) is 0 Å². The van der Waals surface area contributed by atoms with E-state index in [4.69, 9.17) is 4.74 Å². The minimum absolute atomic E-state index is 0.181. The molecule has 1 heterocycles. The quantitative estimate of drug-likeness (QED) is 0.882. The second-order valence-electron chi connectivity index (χ2n) is 4.07. The molecule has 1 N–H and O–H groups in total. The van der Waals surface area contributed by atoms with Gasteiger partial charge in [0.05, 0.1) is 19.3 Å². The van der Waals surface area contributed by atoms with Gasteiger partial charge in [0, 0.05) is 12.4 Å². The van der Waals surface area contributed by atoms with Gasteiger partial charge in [-0.05, 0) is 30.7 Å². The van der Waals surface area contributed by atoms with Crippen LogP contribution in [0.5, 0.6) is 5.75 Å². The number of hydrogen-bond donors (Lipinski definition) is 1. The molecule has 5 heteroatoms. The number of aromatic nitrogens is 2. The Kier molecular flexibility index (Phi) is 4.30. The van der Waals surface area contributed by atoms with Crippen molar-refractivity contribution in [2.75, 3.05) is 6.61 Å². The van der Waals surface area contributed by atoms with E-state index < -0.39 is 6.10 Å². The fourth-order valence-corrected chi connectivity index (χ4v) is 1.77. The predicted octanol–water partition coefficient (Wildman–Crippen LogP) is 1.38. The zero-order chi connectivity index (χ0) is 13.7. The number of hydrogen-bond acceptors (Lipinski definition) is 4. The minimum atomic E-state index is -0.752. The number of nitrogens with zero attached hydrogens (tertiary/aromatic N) is 2. The first-order valence-electron chi connectivity index (χ1n) is 6.13. The number of benzene rings is 1. The number of ether oxygens (including phenoxy) is 1. The summed E-state index contributed by atoms with van der Waals surface area (Å²) in [5, 5.41) is 10.1. The summed E-state index contributed by atoms with van der Waals surface area (Å²) in [6, 6.07) is 8.84. The lowest BCUT2D eigenvalue weighted by Gasteiger charge is -2.13. The molecule has 1 unspecified atom stereocenters. The molecule has 0 fully saturated rings. The molecule has 1 atom stereocenters. The van der Waals surface area contributed by atoms with Crippen LogP contribution in [-0.2, 0) is 6.54 Å². The summed E-state index contributed by atoms with van der Waals surface area (Å²) in [6.07, 6.45) is 2.28. The van der Waals surface area contributed by atoms with Crippen molar-refractivity contribution in [2.24, 2.45) is 0 Å². The summed E-state index contributed by atoms with van der Waals surface area (Å²) in [4.78, 5) is 15.1. The van der Waals surface area contributed by atoms with E-state index in [1.807, 2.05) is 6.92 Å². The zero-order valence-corrected chi connectivity index (χ0v) is 10.7. The average molecular weight is 260 g/mol. The van der Waals surface area contributed by atoms with Crippen LogP contribution in [-0.4, -0.2) is 21.3 Å². The number of aliphatic hydroxyl groups is 1. The molecule has 19 heavy (non-hydrogen) atoms. The van der Waals surface area contributed by atoms with Crippen molar-refractivity contribution >= 4 is 0 Å². The Morgan fingerprint density at radius 2 is 2.11 bits per heavy atom. The molecular weight excluding hydrogens is 244 g/mol. The van der Waals surface area contributed by atoms with Crippen molar-refractivity contribution in [3.05, 3.63) is 58.8 Å². The van der Waals surface area contributed by atoms with Gasteiger partial charge in [0.1, 0.15) is 5.75 Å². The summed E-state index contributed by atoms with van der Waals surface area (Å²) in [5.74, 6) is 0.761. The maximum Gasteiger partial charge on any atom is 0.347 e. The van der Waals surface area contributed by atoms with Crippen molar-refractivity contribution in [1.82, 2.24) is 9.55 Å². The normalized spacial score (nSPS) is 12.1. The molecule has 1 aromatic heterocycles. The highest BCUT2D eigenvalue weighted by molar-refractivity contribution is 5.28. The second kappa shape index (κ2) is 6.15. The van der Waals surface area contributed by atoms with Crippen molar-refractivity contribution < 1.29 is 9.84 Å². The van der Waals surface area contributed by atoms with Crippen molar-refractivity contribution in [2.45, 2.75) is 19.6 Å². The Morgan fingerprint density at radius 3 is 2.74 bits per heavy atom. The Balaban J connectivity index is 2.09. The van der Waals surface area contributed by atoms with E-state index in [1.165, 1.54) is 10.8 Å².